The second-order valence-corrected chi connectivity index (χ2v) is 9.00. The average molecular weight is 389 g/mol. The summed E-state index contributed by atoms with van der Waals surface area (Å²) in [6, 6.07) is 6.20. The number of likely N-dealkylation sites (tertiary alicyclic amines) is 1. The number of carbonyl (C=O) groups is 2. The lowest BCUT2D eigenvalue weighted by Crippen LogP contribution is -2.47. The van der Waals surface area contributed by atoms with Crippen molar-refractivity contribution < 1.29 is 9.59 Å². The summed E-state index contributed by atoms with van der Waals surface area (Å²) in [7, 11) is 0. The second kappa shape index (κ2) is 7.53. The molecule has 0 saturated carbocycles. The Kier molecular flexibility index (Phi) is 5.14. The third-order valence-corrected chi connectivity index (χ3v) is 7.48. The minimum Gasteiger partial charge on any atom is -0.338 e. The van der Waals surface area contributed by atoms with Crippen LogP contribution in [0.15, 0.2) is 29.0 Å². The first-order chi connectivity index (χ1) is 12.7. The summed E-state index contributed by atoms with van der Waals surface area (Å²) in [5.74, 6) is 0.451. The molecule has 0 aromatic carbocycles. The van der Waals surface area contributed by atoms with Crippen molar-refractivity contribution in [3.8, 4) is 0 Å². The Morgan fingerprint density at radius 3 is 2.62 bits per heavy atom. The summed E-state index contributed by atoms with van der Waals surface area (Å²) in [6.07, 6.45) is 3.49. The molecular formula is C20H24N2O2S2. The van der Waals surface area contributed by atoms with Gasteiger partial charge in [0.25, 0.3) is 5.91 Å². The van der Waals surface area contributed by atoms with Gasteiger partial charge in [-0.25, -0.2) is 0 Å². The summed E-state index contributed by atoms with van der Waals surface area (Å²) in [4.78, 5) is 31.9. The topological polar surface area (TPSA) is 40.6 Å². The van der Waals surface area contributed by atoms with Crippen LogP contribution >= 0.6 is 22.7 Å². The Bertz CT molecular complexity index is 776. The maximum Gasteiger partial charge on any atom is 0.263 e. The van der Waals surface area contributed by atoms with E-state index in [0.29, 0.717) is 13.1 Å². The van der Waals surface area contributed by atoms with Gasteiger partial charge in [0.1, 0.15) is 0 Å². The quantitative estimate of drug-likeness (QED) is 0.791. The predicted octanol–water partition coefficient (Wildman–Crippen LogP) is 4.20. The van der Waals surface area contributed by atoms with Crippen LogP contribution in [0, 0.1) is 5.92 Å². The standard InChI is InChI=1S/C20H24N2O2S2/c1-2-16-15-8-13-26-17(15)7-11-22(16)19(23)14-5-9-21(10-6-14)20(24)18-4-3-12-25-18/h3-4,8,12-14,16H,2,5-7,9-11H2,1H3. The molecule has 2 aromatic heterocycles. The molecule has 1 atom stereocenters. The van der Waals surface area contributed by atoms with Gasteiger partial charge in [-0.05, 0) is 54.1 Å². The first kappa shape index (κ1) is 17.7. The second-order valence-electron chi connectivity index (χ2n) is 7.05. The molecule has 0 spiro atoms. The Labute approximate surface area is 162 Å². The van der Waals surface area contributed by atoms with Crippen molar-refractivity contribution in [2.75, 3.05) is 19.6 Å². The van der Waals surface area contributed by atoms with Crippen LogP contribution < -0.4 is 0 Å². The number of thiophene rings is 2. The minimum absolute atomic E-state index is 0.0524. The maximum atomic E-state index is 13.2. The van der Waals surface area contributed by atoms with Gasteiger partial charge >= 0.3 is 0 Å². The lowest BCUT2D eigenvalue weighted by atomic mass is 9.91. The van der Waals surface area contributed by atoms with E-state index in [2.05, 4.69) is 23.3 Å². The fraction of sp³-hybridized carbons (Fsp3) is 0.500. The lowest BCUT2D eigenvalue weighted by Gasteiger charge is -2.39. The molecule has 1 fully saturated rings. The van der Waals surface area contributed by atoms with Gasteiger partial charge in [-0.2, -0.15) is 0 Å². The van der Waals surface area contributed by atoms with Gasteiger partial charge in [-0.1, -0.05) is 13.0 Å². The van der Waals surface area contributed by atoms with E-state index in [4.69, 9.17) is 0 Å². The Morgan fingerprint density at radius 1 is 1.12 bits per heavy atom. The van der Waals surface area contributed by atoms with Gasteiger partial charge in [-0.15, -0.1) is 22.7 Å². The number of amides is 2. The molecule has 0 N–H and O–H groups in total. The molecule has 26 heavy (non-hydrogen) atoms. The van der Waals surface area contributed by atoms with E-state index in [-0.39, 0.29) is 23.8 Å². The minimum atomic E-state index is 0.0524. The van der Waals surface area contributed by atoms with Crippen molar-refractivity contribution in [2.24, 2.45) is 5.92 Å². The van der Waals surface area contributed by atoms with Crippen LogP contribution in [0.5, 0.6) is 0 Å². The number of piperidine rings is 1. The van der Waals surface area contributed by atoms with Crippen molar-refractivity contribution in [3.05, 3.63) is 44.3 Å². The fourth-order valence-electron chi connectivity index (χ4n) is 4.22. The number of nitrogens with zero attached hydrogens (tertiary/aromatic N) is 2. The highest BCUT2D eigenvalue weighted by Gasteiger charge is 2.36. The molecule has 2 amide bonds. The first-order valence-corrected chi connectivity index (χ1v) is 11.1. The van der Waals surface area contributed by atoms with E-state index < -0.39 is 0 Å². The molecular weight excluding hydrogens is 364 g/mol. The number of hydrogen-bond acceptors (Lipinski definition) is 4. The smallest absolute Gasteiger partial charge is 0.263 e. The molecule has 0 radical (unpaired) electrons. The van der Waals surface area contributed by atoms with Crippen LogP contribution in [0.4, 0.5) is 0 Å². The van der Waals surface area contributed by atoms with E-state index >= 15 is 0 Å². The highest BCUT2D eigenvalue weighted by molar-refractivity contribution is 7.12. The average Bonchev–Trinajstić information content (AvgIpc) is 3.37. The van der Waals surface area contributed by atoms with Crippen molar-refractivity contribution in [1.82, 2.24) is 9.80 Å². The van der Waals surface area contributed by atoms with E-state index in [1.165, 1.54) is 21.8 Å². The third-order valence-electron chi connectivity index (χ3n) is 5.63. The van der Waals surface area contributed by atoms with Crippen LogP contribution in [-0.4, -0.2) is 41.2 Å². The summed E-state index contributed by atoms with van der Waals surface area (Å²) in [6.45, 7) is 4.36. The molecule has 0 bridgehead atoms. The van der Waals surface area contributed by atoms with Gasteiger partial charge in [-0.3, -0.25) is 9.59 Å². The number of carbonyl (C=O) groups excluding carboxylic acids is 2. The van der Waals surface area contributed by atoms with Crippen molar-refractivity contribution in [1.29, 1.82) is 0 Å². The molecule has 2 aromatic rings. The summed E-state index contributed by atoms with van der Waals surface area (Å²) in [5, 5.41) is 4.08. The molecule has 1 saturated heterocycles. The summed E-state index contributed by atoms with van der Waals surface area (Å²) < 4.78 is 0. The fourth-order valence-corrected chi connectivity index (χ4v) is 5.84. The SMILES string of the molecule is CCC1c2ccsc2CCN1C(=O)C1CCN(C(=O)c2cccs2)CC1. The normalized spacial score (nSPS) is 20.9. The van der Waals surface area contributed by atoms with Crippen LogP contribution in [0.3, 0.4) is 0 Å². The molecule has 6 heteroatoms. The summed E-state index contributed by atoms with van der Waals surface area (Å²) in [5.41, 5.74) is 1.35. The van der Waals surface area contributed by atoms with E-state index in [1.54, 1.807) is 0 Å². The number of rotatable bonds is 3. The van der Waals surface area contributed by atoms with Crippen LogP contribution in [0.25, 0.3) is 0 Å². The zero-order valence-electron chi connectivity index (χ0n) is 15.0. The third kappa shape index (κ3) is 3.21. The highest BCUT2D eigenvalue weighted by atomic mass is 32.1. The number of fused-ring (bicyclic) bond motifs is 1. The number of hydrogen-bond donors (Lipinski definition) is 0. The van der Waals surface area contributed by atoms with Gasteiger partial charge in [0.05, 0.1) is 10.9 Å². The van der Waals surface area contributed by atoms with Gasteiger partial charge in [0.15, 0.2) is 0 Å². The van der Waals surface area contributed by atoms with E-state index in [1.807, 2.05) is 33.7 Å². The Hall–Kier alpha value is -1.66. The molecule has 1 unspecified atom stereocenters. The van der Waals surface area contributed by atoms with Crippen molar-refractivity contribution >= 4 is 34.5 Å². The largest absolute Gasteiger partial charge is 0.338 e. The molecule has 4 heterocycles. The maximum absolute atomic E-state index is 13.2. The van der Waals surface area contributed by atoms with Gasteiger partial charge < -0.3 is 9.80 Å². The zero-order chi connectivity index (χ0) is 18.1. The van der Waals surface area contributed by atoms with Crippen LogP contribution in [-0.2, 0) is 11.2 Å². The van der Waals surface area contributed by atoms with Gasteiger partial charge in [0.2, 0.25) is 5.91 Å². The monoisotopic (exact) mass is 388 g/mol. The molecule has 0 aliphatic carbocycles. The molecule has 138 valence electrons. The van der Waals surface area contributed by atoms with E-state index in [9.17, 15) is 9.59 Å². The highest BCUT2D eigenvalue weighted by Crippen LogP contribution is 2.37. The van der Waals surface area contributed by atoms with Crippen LogP contribution in [0.1, 0.15) is 52.3 Å². The van der Waals surface area contributed by atoms with Gasteiger partial charge in [0, 0.05) is 30.4 Å². The van der Waals surface area contributed by atoms with E-state index in [0.717, 1.165) is 37.1 Å². The Balaban J connectivity index is 1.40. The molecule has 4 nitrogen and oxygen atoms in total. The molecule has 4 rings (SSSR count). The first-order valence-electron chi connectivity index (χ1n) is 9.38. The lowest BCUT2D eigenvalue weighted by molar-refractivity contribution is -0.140. The summed E-state index contributed by atoms with van der Waals surface area (Å²) >= 11 is 3.30. The molecule has 2 aliphatic rings. The van der Waals surface area contributed by atoms with Crippen LogP contribution in [0.2, 0.25) is 0 Å². The zero-order valence-corrected chi connectivity index (χ0v) is 16.7. The predicted molar refractivity (Wildman–Crippen MR) is 106 cm³/mol. The molecule has 2 aliphatic heterocycles. The Morgan fingerprint density at radius 2 is 1.92 bits per heavy atom. The van der Waals surface area contributed by atoms with Crippen molar-refractivity contribution in [3.63, 3.8) is 0 Å². The van der Waals surface area contributed by atoms with Crippen molar-refractivity contribution in [2.45, 2.75) is 38.6 Å².